The number of aromatic nitrogens is 2. The van der Waals surface area contributed by atoms with Crippen molar-refractivity contribution in [3.8, 4) is 0 Å². The van der Waals surface area contributed by atoms with Crippen molar-refractivity contribution < 1.29 is 27.1 Å². The summed E-state index contributed by atoms with van der Waals surface area (Å²) in [5, 5.41) is 2.86. The van der Waals surface area contributed by atoms with Crippen LogP contribution in [0.5, 0.6) is 0 Å². The number of carbonyl (C=O) groups is 1. The monoisotopic (exact) mass is 415 g/mol. The number of nitrogens with one attached hydrogen (secondary N) is 2. The third kappa shape index (κ3) is 3.35. The summed E-state index contributed by atoms with van der Waals surface area (Å²) >= 11 is 5.24. The van der Waals surface area contributed by atoms with Crippen LogP contribution in [0.25, 0.3) is 0 Å². The molecule has 2 atom stereocenters. The van der Waals surface area contributed by atoms with E-state index >= 15 is 0 Å². The molecule has 4 rings (SSSR count). The van der Waals surface area contributed by atoms with Gasteiger partial charge in [0.1, 0.15) is 0 Å². The third-order valence-electron chi connectivity index (χ3n) is 5.21. The van der Waals surface area contributed by atoms with E-state index in [1.165, 1.54) is 0 Å². The smallest absolute Gasteiger partial charge is 0.226 e. The number of benzene rings is 1. The van der Waals surface area contributed by atoms with Crippen molar-refractivity contribution in [2.75, 3.05) is 13.2 Å². The number of H-pyrrole nitrogens is 1. The van der Waals surface area contributed by atoms with Crippen LogP contribution in [-0.4, -0.2) is 34.7 Å². The predicted octanol–water partition coefficient (Wildman–Crippen LogP) is 2.89. The van der Waals surface area contributed by atoms with Crippen LogP contribution in [0.2, 0.25) is 0 Å². The largest absolute Gasteiger partial charge is 0.379 e. The number of rotatable bonds is 4. The Balaban J connectivity index is 1.57. The maximum absolute atomic E-state index is 14.2. The fourth-order valence-electron chi connectivity index (χ4n) is 3.88. The van der Waals surface area contributed by atoms with Gasteiger partial charge in [-0.1, -0.05) is 0 Å². The first-order valence-corrected chi connectivity index (χ1v) is 9.26. The molecular formula is C18H17F4N3O2S. The standard InChI is InChI=1S/C18H17F4N3O2S/c19-10-4-11(20)17(22)15(16(10)21)8-3-13-12(24-18(28)25(13)6-8)5-14(26)23-9-1-2-27-7-9/h4,8-9H,1-3,5-7H2,(H,23,26)(H,24,28). The van der Waals surface area contributed by atoms with E-state index in [4.69, 9.17) is 17.0 Å². The summed E-state index contributed by atoms with van der Waals surface area (Å²) in [4.78, 5) is 15.2. The van der Waals surface area contributed by atoms with Gasteiger partial charge in [-0.05, 0) is 25.1 Å². The van der Waals surface area contributed by atoms with Crippen LogP contribution < -0.4 is 5.32 Å². The van der Waals surface area contributed by atoms with E-state index in [-0.39, 0.29) is 37.4 Å². The van der Waals surface area contributed by atoms with Gasteiger partial charge in [-0.25, -0.2) is 17.6 Å². The Morgan fingerprint density at radius 3 is 2.64 bits per heavy atom. The summed E-state index contributed by atoms with van der Waals surface area (Å²) in [7, 11) is 0. The molecule has 1 aromatic carbocycles. The van der Waals surface area contributed by atoms with Crippen LogP contribution in [0, 0.1) is 28.0 Å². The first-order valence-electron chi connectivity index (χ1n) is 8.85. The minimum atomic E-state index is -1.44. The summed E-state index contributed by atoms with van der Waals surface area (Å²) < 4.78 is 62.6. The van der Waals surface area contributed by atoms with Gasteiger partial charge in [-0.2, -0.15) is 0 Å². The van der Waals surface area contributed by atoms with E-state index in [1.54, 1.807) is 4.57 Å². The number of fused-ring (bicyclic) bond motifs is 1. The van der Waals surface area contributed by atoms with Gasteiger partial charge in [0.2, 0.25) is 5.91 Å². The molecule has 5 nitrogen and oxygen atoms in total. The lowest BCUT2D eigenvalue weighted by molar-refractivity contribution is -0.121. The highest BCUT2D eigenvalue weighted by molar-refractivity contribution is 7.71. The summed E-state index contributed by atoms with van der Waals surface area (Å²) in [6.07, 6.45) is 0.859. The number of carbonyl (C=O) groups excluding carboxylic acids is 1. The number of aromatic amines is 1. The second kappa shape index (κ2) is 7.32. The number of imidazole rings is 1. The molecule has 0 bridgehead atoms. The Bertz CT molecular complexity index is 971. The van der Waals surface area contributed by atoms with Crippen LogP contribution in [-0.2, 0) is 28.9 Å². The zero-order chi connectivity index (χ0) is 20.0. The molecule has 0 radical (unpaired) electrons. The molecule has 0 aliphatic carbocycles. The molecule has 2 aliphatic heterocycles. The third-order valence-corrected chi connectivity index (χ3v) is 5.53. The van der Waals surface area contributed by atoms with E-state index < -0.39 is 34.8 Å². The van der Waals surface area contributed by atoms with Gasteiger partial charge in [0.15, 0.2) is 28.0 Å². The highest BCUT2D eigenvalue weighted by Crippen LogP contribution is 2.36. The van der Waals surface area contributed by atoms with Crippen LogP contribution in [0.3, 0.4) is 0 Å². The normalized spacial score (nSPS) is 21.1. The van der Waals surface area contributed by atoms with Crippen molar-refractivity contribution in [1.82, 2.24) is 14.9 Å². The van der Waals surface area contributed by atoms with Crippen molar-refractivity contribution in [3.05, 3.63) is 51.1 Å². The Morgan fingerprint density at radius 2 is 2.00 bits per heavy atom. The zero-order valence-corrected chi connectivity index (χ0v) is 15.5. The van der Waals surface area contributed by atoms with Gasteiger partial charge in [0.25, 0.3) is 0 Å². The van der Waals surface area contributed by atoms with Gasteiger partial charge in [-0.3, -0.25) is 4.79 Å². The van der Waals surface area contributed by atoms with Crippen LogP contribution >= 0.6 is 12.2 Å². The molecule has 1 aromatic heterocycles. The molecule has 0 spiro atoms. The molecule has 1 amide bonds. The molecule has 1 fully saturated rings. The lowest BCUT2D eigenvalue weighted by Gasteiger charge is -2.13. The Morgan fingerprint density at radius 1 is 1.29 bits per heavy atom. The minimum absolute atomic E-state index is 0.0116. The Labute approximate surface area is 162 Å². The molecule has 28 heavy (non-hydrogen) atoms. The molecule has 3 heterocycles. The van der Waals surface area contributed by atoms with Gasteiger partial charge < -0.3 is 19.6 Å². The summed E-state index contributed by atoms with van der Waals surface area (Å²) in [6.45, 7) is 1.12. The number of halogens is 4. The van der Waals surface area contributed by atoms with Gasteiger partial charge in [0.05, 0.1) is 19.1 Å². The van der Waals surface area contributed by atoms with Crippen LogP contribution in [0.15, 0.2) is 6.07 Å². The summed E-state index contributed by atoms with van der Waals surface area (Å²) in [5.74, 6) is -6.72. The molecular weight excluding hydrogens is 398 g/mol. The average Bonchev–Trinajstić information content (AvgIpc) is 3.34. The highest BCUT2D eigenvalue weighted by Gasteiger charge is 2.33. The second-order valence-electron chi connectivity index (χ2n) is 7.05. The van der Waals surface area contributed by atoms with Gasteiger partial charge >= 0.3 is 0 Å². The van der Waals surface area contributed by atoms with Gasteiger partial charge in [0, 0.05) is 42.1 Å². The maximum atomic E-state index is 14.2. The maximum Gasteiger partial charge on any atom is 0.226 e. The molecule has 2 N–H and O–H groups in total. The minimum Gasteiger partial charge on any atom is -0.379 e. The first kappa shape index (κ1) is 19.1. The molecule has 1 saturated heterocycles. The van der Waals surface area contributed by atoms with Crippen molar-refractivity contribution in [3.63, 3.8) is 0 Å². The van der Waals surface area contributed by atoms with E-state index in [2.05, 4.69) is 10.3 Å². The van der Waals surface area contributed by atoms with Crippen LogP contribution in [0.4, 0.5) is 17.6 Å². The topological polar surface area (TPSA) is 59.0 Å². The van der Waals surface area contributed by atoms with E-state index in [1.807, 2.05) is 0 Å². The Kier molecular flexibility index (Phi) is 5.00. The lowest BCUT2D eigenvalue weighted by atomic mass is 9.94. The average molecular weight is 415 g/mol. The fourth-order valence-corrected chi connectivity index (χ4v) is 4.18. The number of hydrogen-bond acceptors (Lipinski definition) is 3. The number of nitrogens with zero attached hydrogens (tertiary/aromatic N) is 1. The number of hydrogen-bond donors (Lipinski definition) is 2. The van der Waals surface area contributed by atoms with E-state index in [0.29, 0.717) is 29.4 Å². The predicted molar refractivity (Wildman–Crippen MR) is 93.4 cm³/mol. The van der Waals surface area contributed by atoms with Crippen molar-refractivity contribution in [1.29, 1.82) is 0 Å². The lowest BCUT2D eigenvalue weighted by Crippen LogP contribution is -2.36. The zero-order valence-electron chi connectivity index (χ0n) is 14.7. The molecule has 10 heteroatoms. The number of ether oxygens (including phenoxy) is 1. The molecule has 2 aromatic rings. The summed E-state index contributed by atoms with van der Waals surface area (Å²) in [5.41, 5.74) is 0.506. The number of amides is 1. The molecule has 2 unspecified atom stereocenters. The van der Waals surface area contributed by atoms with Crippen molar-refractivity contribution >= 4 is 18.1 Å². The van der Waals surface area contributed by atoms with E-state index in [0.717, 1.165) is 6.42 Å². The van der Waals surface area contributed by atoms with Crippen LogP contribution in [0.1, 0.15) is 29.3 Å². The Hall–Kier alpha value is -2.20. The second-order valence-corrected chi connectivity index (χ2v) is 7.44. The quantitative estimate of drug-likeness (QED) is 0.459. The van der Waals surface area contributed by atoms with E-state index in [9.17, 15) is 22.4 Å². The summed E-state index contributed by atoms with van der Waals surface area (Å²) in [6, 6.07) is 0.149. The molecule has 0 saturated carbocycles. The SMILES string of the molecule is O=C(Cc1[nH]c(=S)n2c1CC(c1c(F)c(F)cc(F)c1F)C2)NC1CCOC1. The van der Waals surface area contributed by atoms with Crippen molar-refractivity contribution in [2.45, 2.75) is 37.8 Å². The highest BCUT2D eigenvalue weighted by atomic mass is 32.1. The first-order chi connectivity index (χ1) is 13.3. The van der Waals surface area contributed by atoms with Gasteiger partial charge in [-0.15, -0.1) is 0 Å². The van der Waals surface area contributed by atoms with Crippen molar-refractivity contribution in [2.24, 2.45) is 0 Å². The molecule has 2 aliphatic rings. The molecule has 150 valence electrons. The fraction of sp³-hybridized carbons (Fsp3) is 0.444.